The topological polar surface area (TPSA) is 20.3 Å². The fraction of sp³-hybridized carbons (Fsp3) is 0.588. The number of likely N-dealkylation sites (tertiary alicyclic amines) is 1. The monoisotopic (exact) mass is 293 g/mol. The highest BCUT2D eigenvalue weighted by Gasteiger charge is 2.40. The summed E-state index contributed by atoms with van der Waals surface area (Å²) in [7, 11) is 0. The molecule has 2 fully saturated rings. The van der Waals surface area contributed by atoms with E-state index >= 15 is 0 Å². The van der Waals surface area contributed by atoms with Crippen LogP contribution in [0.1, 0.15) is 49.4 Å². The molecule has 2 nitrogen and oxygen atoms in total. The van der Waals surface area contributed by atoms with Crippen molar-refractivity contribution in [3.63, 3.8) is 0 Å². The zero-order valence-electron chi connectivity index (χ0n) is 12.3. The van der Waals surface area contributed by atoms with Crippen molar-refractivity contribution in [3.8, 4) is 0 Å². The average Bonchev–Trinajstić information content (AvgIpc) is 2.50. The third kappa shape index (κ3) is 2.56. The first kappa shape index (κ1) is 14.5. The maximum absolute atomic E-state index is 13.9. The second-order valence-electron chi connectivity index (χ2n) is 6.38. The van der Waals surface area contributed by atoms with Crippen molar-refractivity contribution < 1.29 is 13.6 Å². The van der Waals surface area contributed by atoms with Crippen LogP contribution in [0.3, 0.4) is 0 Å². The molecule has 1 saturated heterocycles. The Hall–Kier alpha value is -1.45. The van der Waals surface area contributed by atoms with E-state index in [0.29, 0.717) is 18.4 Å². The highest BCUT2D eigenvalue weighted by atomic mass is 19.2. The highest BCUT2D eigenvalue weighted by molar-refractivity contribution is 5.94. The van der Waals surface area contributed by atoms with Crippen LogP contribution in [0.5, 0.6) is 0 Å². The Morgan fingerprint density at radius 1 is 1.19 bits per heavy atom. The van der Waals surface area contributed by atoms with E-state index in [2.05, 4.69) is 6.92 Å². The van der Waals surface area contributed by atoms with Gasteiger partial charge in [-0.05, 0) is 43.2 Å². The van der Waals surface area contributed by atoms with E-state index in [9.17, 15) is 13.6 Å². The van der Waals surface area contributed by atoms with Crippen molar-refractivity contribution in [2.24, 2.45) is 11.8 Å². The molecule has 1 heterocycles. The van der Waals surface area contributed by atoms with Gasteiger partial charge < -0.3 is 4.90 Å². The van der Waals surface area contributed by atoms with Gasteiger partial charge in [0.05, 0.1) is 5.56 Å². The summed E-state index contributed by atoms with van der Waals surface area (Å²) < 4.78 is 27.2. The van der Waals surface area contributed by atoms with Crippen LogP contribution >= 0.6 is 0 Å². The number of piperidine rings is 1. The van der Waals surface area contributed by atoms with Crippen LogP contribution in [0.25, 0.3) is 0 Å². The Bertz CT molecular complexity index is 546. The molecule has 0 spiro atoms. The lowest BCUT2D eigenvalue weighted by molar-refractivity contribution is 0.0213. The van der Waals surface area contributed by atoms with Gasteiger partial charge in [-0.2, -0.15) is 0 Å². The molecule has 0 N–H and O–H groups in total. The number of hydrogen-bond donors (Lipinski definition) is 0. The van der Waals surface area contributed by atoms with Gasteiger partial charge in [0.15, 0.2) is 11.6 Å². The van der Waals surface area contributed by atoms with E-state index < -0.39 is 11.6 Å². The lowest BCUT2D eigenvalue weighted by Gasteiger charge is -2.47. The molecule has 1 aliphatic heterocycles. The van der Waals surface area contributed by atoms with Gasteiger partial charge >= 0.3 is 0 Å². The van der Waals surface area contributed by atoms with Crippen LogP contribution in [0.15, 0.2) is 18.2 Å². The summed E-state index contributed by atoms with van der Waals surface area (Å²) in [5, 5.41) is 0. The lowest BCUT2D eigenvalue weighted by Crippen LogP contribution is -2.52. The van der Waals surface area contributed by atoms with Crippen LogP contribution in [0, 0.1) is 23.5 Å². The number of fused-ring (bicyclic) bond motifs is 1. The first-order chi connectivity index (χ1) is 10.1. The minimum Gasteiger partial charge on any atom is -0.335 e. The summed E-state index contributed by atoms with van der Waals surface area (Å²) in [4.78, 5) is 14.4. The normalized spacial score (nSPS) is 29.1. The largest absolute Gasteiger partial charge is 0.335 e. The van der Waals surface area contributed by atoms with Crippen molar-refractivity contribution in [3.05, 3.63) is 35.4 Å². The van der Waals surface area contributed by atoms with Crippen LogP contribution in [0.4, 0.5) is 8.78 Å². The van der Waals surface area contributed by atoms with Gasteiger partial charge in [-0.1, -0.05) is 25.8 Å². The number of rotatable bonds is 1. The molecule has 3 atom stereocenters. The SMILES string of the molecule is CC1CCN(C(=O)c2cccc(F)c2F)C2CCCCC12. The smallest absolute Gasteiger partial charge is 0.257 e. The predicted molar refractivity (Wildman–Crippen MR) is 76.9 cm³/mol. The van der Waals surface area contributed by atoms with Gasteiger partial charge in [-0.15, -0.1) is 0 Å². The predicted octanol–water partition coefficient (Wildman–Crippen LogP) is 4.01. The molecule has 2 aliphatic rings. The fourth-order valence-electron chi connectivity index (χ4n) is 3.99. The number of hydrogen-bond acceptors (Lipinski definition) is 1. The molecule has 0 aromatic heterocycles. The van der Waals surface area contributed by atoms with Gasteiger partial charge in [0, 0.05) is 12.6 Å². The van der Waals surface area contributed by atoms with Gasteiger partial charge in [0.1, 0.15) is 0 Å². The summed E-state index contributed by atoms with van der Waals surface area (Å²) in [6.07, 6.45) is 5.40. The zero-order valence-corrected chi connectivity index (χ0v) is 12.3. The summed E-state index contributed by atoms with van der Waals surface area (Å²) in [5.74, 6) is -1.21. The minimum atomic E-state index is -1.02. The summed E-state index contributed by atoms with van der Waals surface area (Å²) in [5.41, 5.74) is -0.131. The maximum Gasteiger partial charge on any atom is 0.257 e. The third-order valence-corrected chi connectivity index (χ3v) is 5.18. The summed E-state index contributed by atoms with van der Waals surface area (Å²) in [6.45, 7) is 2.89. The molecular formula is C17H21F2NO. The molecule has 1 aromatic carbocycles. The highest BCUT2D eigenvalue weighted by Crippen LogP contribution is 2.39. The van der Waals surface area contributed by atoms with Crippen LogP contribution in [-0.4, -0.2) is 23.4 Å². The molecule has 1 aliphatic carbocycles. The van der Waals surface area contributed by atoms with Crippen molar-refractivity contribution in [2.75, 3.05) is 6.54 Å². The number of nitrogens with zero attached hydrogens (tertiary/aromatic N) is 1. The Morgan fingerprint density at radius 3 is 2.76 bits per heavy atom. The average molecular weight is 293 g/mol. The van der Waals surface area contributed by atoms with Crippen LogP contribution in [0.2, 0.25) is 0 Å². The minimum absolute atomic E-state index is 0.131. The van der Waals surface area contributed by atoms with Crippen molar-refractivity contribution in [1.29, 1.82) is 0 Å². The molecule has 0 radical (unpaired) electrons. The van der Waals surface area contributed by atoms with E-state index in [1.54, 1.807) is 4.90 Å². The number of halogens is 2. The van der Waals surface area contributed by atoms with Gasteiger partial charge in [0.25, 0.3) is 5.91 Å². The molecule has 4 heteroatoms. The molecular weight excluding hydrogens is 272 g/mol. The summed E-state index contributed by atoms with van der Waals surface area (Å²) in [6, 6.07) is 4.03. The standard InChI is InChI=1S/C17H21F2NO/c1-11-9-10-20(15-8-3-2-5-12(11)15)17(21)13-6-4-7-14(18)16(13)19/h4,6-7,11-12,15H,2-3,5,8-10H2,1H3. The van der Waals surface area contributed by atoms with Crippen molar-refractivity contribution >= 4 is 5.91 Å². The molecule has 1 saturated carbocycles. The Labute approximate surface area is 124 Å². The van der Waals surface area contributed by atoms with E-state index in [1.165, 1.54) is 18.6 Å². The van der Waals surface area contributed by atoms with Gasteiger partial charge in [-0.3, -0.25) is 4.79 Å². The Morgan fingerprint density at radius 2 is 1.95 bits per heavy atom. The van der Waals surface area contributed by atoms with Crippen molar-refractivity contribution in [1.82, 2.24) is 4.90 Å². The maximum atomic E-state index is 13.9. The van der Waals surface area contributed by atoms with Gasteiger partial charge in [0.2, 0.25) is 0 Å². The molecule has 1 aromatic rings. The second kappa shape index (κ2) is 5.74. The van der Waals surface area contributed by atoms with Gasteiger partial charge in [-0.25, -0.2) is 8.78 Å². The number of benzene rings is 1. The molecule has 3 rings (SSSR count). The molecule has 21 heavy (non-hydrogen) atoms. The molecule has 3 unspecified atom stereocenters. The Kier molecular flexibility index (Phi) is 3.96. The fourth-order valence-corrected chi connectivity index (χ4v) is 3.99. The zero-order chi connectivity index (χ0) is 15.0. The van der Waals surface area contributed by atoms with Crippen LogP contribution in [-0.2, 0) is 0 Å². The van der Waals surface area contributed by atoms with E-state index in [4.69, 9.17) is 0 Å². The molecule has 1 amide bonds. The van der Waals surface area contributed by atoms with E-state index in [-0.39, 0.29) is 17.5 Å². The first-order valence-corrected chi connectivity index (χ1v) is 7.84. The number of amides is 1. The summed E-state index contributed by atoms with van der Waals surface area (Å²) >= 11 is 0. The quantitative estimate of drug-likeness (QED) is 0.766. The van der Waals surface area contributed by atoms with Crippen LogP contribution < -0.4 is 0 Å². The molecule has 114 valence electrons. The van der Waals surface area contributed by atoms with E-state index in [1.807, 2.05) is 0 Å². The molecule has 0 bridgehead atoms. The van der Waals surface area contributed by atoms with Crippen molar-refractivity contribution in [2.45, 2.75) is 45.1 Å². The lowest BCUT2D eigenvalue weighted by atomic mass is 9.72. The third-order valence-electron chi connectivity index (χ3n) is 5.18. The second-order valence-corrected chi connectivity index (χ2v) is 6.38. The first-order valence-electron chi connectivity index (χ1n) is 7.84. The number of carbonyl (C=O) groups is 1. The van der Waals surface area contributed by atoms with E-state index in [0.717, 1.165) is 31.7 Å². The number of carbonyl (C=O) groups excluding carboxylic acids is 1. The Balaban J connectivity index is 1.88.